The fourth-order valence-electron chi connectivity index (χ4n) is 3.78. The number of sulfone groups is 1. The van der Waals surface area contributed by atoms with E-state index in [9.17, 15) is 13.2 Å². The first-order chi connectivity index (χ1) is 14.8. The highest BCUT2D eigenvalue weighted by Gasteiger charge is 2.49. The lowest BCUT2D eigenvalue weighted by atomic mass is 10.1. The van der Waals surface area contributed by atoms with Crippen LogP contribution in [0.4, 0.5) is 5.69 Å². The van der Waals surface area contributed by atoms with Crippen molar-refractivity contribution in [2.45, 2.75) is 17.7 Å². The van der Waals surface area contributed by atoms with E-state index in [4.69, 9.17) is 21.1 Å². The number of aliphatic imine (C=N–C) groups is 1. The summed E-state index contributed by atoms with van der Waals surface area (Å²) in [6.45, 7) is 0. The second-order valence-corrected chi connectivity index (χ2v) is 11.1. The van der Waals surface area contributed by atoms with Gasteiger partial charge >= 0.3 is 0 Å². The van der Waals surface area contributed by atoms with Crippen LogP contribution in [0.5, 0.6) is 11.5 Å². The van der Waals surface area contributed by atoms with E-state index < -0.39 is 9.84 Å². The molecule has 0 saturated carbocycles. The van der Waals surface area contributed by atoms with Crippen LogP contribution in [0.15, 0.2) is 47.5 Å². The number of methoxy groups -OCH3 is 2. The number of fused-ring (bicyclic) bond motifs is 1. The number of ether oxygens (including phenoxy) is 2. The van der Waals surface area contributed by atoms with Crippen LogP contribution in [0.3, 0.4) is 0 Å². The molecule has 2 aromatic carbocycles. The van der Waals surface area contributed by atoms with Crippen molar-refractivity contribution in [3.8, 4) is 11.5 Å². The number of nitrogens with zero attached hydrogens (tertiary/aromatic N) is 2. The van der Waals surface area contributed by atoms with Crippen LogP contribution in [-0.2, 0) is 21.1 Å². The monoisotopic (exact) mass is 480 g/mol. The zero-order valence-electron chi connectivity index (χ0n) is 16.9. The first kappa shape index (κ1) is 22.0. The predicted octanol–water partition coefficient (Wildman–Crippen LogP) is 3.20. The minimum absolute atomic E-state index is 0.0379. The van der Waals surface area contributed by atoms with Gasteiger partial charge in [0.05, 0.1) is 38.2 Å². The van der Waals surface area contributed by atoms with Gasteiger partial charge in [-0.3, -0.25) is 4.79 Å². The second kappa shape index (κ2) is 8.72. The van der Waals surface area contributed by atoms with Gasteiger partial charge in [-0.15, -0.1) is 0 Å². The highest BCUT2D eigenvalue weighted by molar-refractivity contribution is 8.16. The molecule has 7 nitrogen and oxygen atoms in total. The van der Waals surface area contributed by atoms with Gasteiger partial charge in [-0.05, 0) is 42.0 Å². The summed E-state index contributed by atoms with van der Waals surface area (Å²) in [7, 11) is -0.0363. The Labute approximate surface area is 190 Å². The minimum Gasteiger partial charge on any atom is -0.493 e. The average Bonchev–Trinajstić information content (AvgIpc) is 3.19. The molecule has 164 valence electrons. The molecule has 10 heteroatoms. The number of thioether (sulfide) groups is 1. The standard InChI is InChI=1S/C21H21ClN2O5S2/c1-28-17-8-3-13(9-18(17)29-2)10-20(25)23-21-24(15-6-4-14(22)5-7-15)16-11-31(26,27)12-19(16)30-21/h3-9,16,19H,10-12H2,1-2H3. The van der Waals surface area contributed by atoms with Crippen molar-refractivity contribution in [2.75, 3.05) is 30.6 Å². The Hall–Kier alpha value is -2.23. The van der Waals surface area contributed by atoms with Crippen LogP contribution in [0.25, 0.3) is 0 Å². The van der Waals surface area contributed by atoms with Crippen molar-refractivity contribution in [1.82, 2.24) is 0 Å². The molecule has 2 aliphatic rings. The van der Waals surface area contributed by atoms with Gasteiger partial charge < -0.3 is 14.4 Å². The van der Waals surface area contributed by atoms with Gasteiger partial charge in [-0.2, -0.15) is 4.99 Å². The number of anilines is 1. The quantitative estimate of drug-likeness (QED) is 0.649. The van der Waals surface area contributed by atoms with Crippen LogP contribution in [0.2, 0.25) is 5.02 Å². The smallest absolute Gasteiger partial charge is 0.252 e. The number of halogens is 1. The zero-order valence-corrected chi connectivity index (χ0v) is 19.3. The van der Waals surface area contributed by atoms with Crippen molar-refractivity contribution in [3.05, 3.63) is 53.1 Å². The summed E-state index contributed by atoms with van der Waals surface area (Å²) in [6.07, 6.45) is 0.0898. The topological polar surface area (TPSA) is 85.3 Å². The predicted molar refractivity (Wildman–Crippen MR) is 123 cm³/mol. The summed E-state index contributed by atoms with van der Waals surface area (Å²) in [5.74, 6) is 0.917. The van der Waals surface area contributed by atoms with Crippen molar-refractivity contribution in [3.63, 3.8) is 0 Å². The van der Waals surface area contributed by atoms with Gasteiger partial charge in [0.2, 0.25) is 0 Å². The maximum absolute atomic E-state index is 12.8. The molecule has 2 heterocycles. The summed E-state index contributed by atoms with van der Waals surface area (Å²) in [6, 6.07) is 12.1. The van der Waals surface area contributed by atoms with Gasteiger partial charge in [-0.1, -0.05) is 29.4 Å². The van der Waals surface area contributed by atoms with E-state index >= 15 is 0 Å². The van der Waals surface area contributed by atoms with E-state index in [0.717, 1.165) is 11.3 Å². The lowest BCUT2D eigenvalue weighted by Crippen LogP contribution is -2.37. The normalized spacial score (nSPS) is 23.1. The zero-order chi connectivity index (χ0) is 22.2. The van der Waals surface area contributed by atoms with Crippen LogP contribution in [-0.4, -0.2) is 56.5 Å². The van der Waals surface area contributed by atoms with E-state index in [1.807, 2.05) is 17.0 Å². The number of hydrogen-bond donors (Lipinski definition) is 0. The molecule has 0 aromatic heterocycles. The Morgan fingerprint density at radius 2 is 1.84 bits per heavy atom. The summed E-state index contributed by atoms with van der Waals surface area (Å²) >= 11 is 7.35. The lowest BCUT2D eigenvalue weighted by Gasteiger charge is -2.24. The molecule has 2 aliphatic heterocycles. The lowest BCUT2D eigenvalue weighted by molar-refractivity contribution is -0.117. The maximum Gasteiger partial charge on any atom is 0.252 e. The number of amides is 1. The van der Waals surface area contributed by atoms with Crippen molar-refractivity contribution >= 4 is 50.0 Å². The molecule has 2 saturated heterocycles. The average molecular weight is 481 g/mol. The maximum atomic E-state index is 12.8. The van der Waals surface area contributed by atoms with Crippen LogP contribution in [0, 0.1) is 0 Å². The van der Waals surface area contributed by atoms with E-state index in [1.54, 1.807) is 37.4 Å². The van der Waals surface area contributed by atoms with E-state index in [1.165, 1.54) is 18.9 Å². The summed E-state index contributed by atoms with van der Waals surface area (Å²) < 4.78 is 34.9. The number of amidine groups is 1. The fraction of sp³-hybridized carbons (Fsp3) is 0.333. The Kier molecular flexibility index (Phi) is 6.18. The summed E-state index contributed by atoms with van der Waals surface area (Å²) in [5, 5.41) is 0.931. The third-order valence-electron chi connectivity index (χ3n) is 5.20. The van der Waals surface area contributed by atoms with Crippen molar-refractivity contribution < 1.29 is 22.7 Å². The highest BCUT2D eigenvalue weighted by Crippen LogP contribution is 2.41. The number of carbonyl (C=O) groups is 1. The molecular weight excluding hydrogens is 460 g/mol. The van der Waals surface area contributed by atoms with E-state index in [2.05, 4.69) is 4.99 Å². The molecule has 4 rings (SSSR count). The Balaban J connectivity index is 1.60. The van der Waals surface area contributed by atoms with Gasteiger partial charge in [0.15, 0.2) is 26.5 Å². The molecule has 0 spiro atoms. The number of carbonyl (C=O) groups excluding carboxylic acids is 1. The van der Waals surface area contributed by atoms with Crippen LogP contribution < -0.4 is 14.4 Å². The van der Waals surface area contributed by atoms with Gasteiger partial charge in [0, 0.05) is 16.0 Å². The molecule has 2 fully saturated rings. The first-order valence-corrected chi connectivity index (χ1v) is 12.6. The molecule has 0 bridgehead atoms. The van der Waals surface area contributed by atoms with Gasteiger partial charge in [-0.25, -0.2) is 8.42 Å². The Bertz CT molecular complexity index is 1130. The molecular formula is C21H21ClN2O5S2. The minimum atomic E-state index is -3.12. The fourth-order valence-corrected chi connectivity index (χ4v) is 7.84. The molecule has 31 heavy (non-hydrogen) atoms. The summed E-state index contributed by atoms with van der Waals surface area (Å²) in [4.78, 5) is 19.0. The van der Waals surface area contributed by atoms with Crippen molar-refractivity contribution in [2.24, 2.45) is 4.99 Å². The second-order valence-electron chi connectivity index (χ2n) is 7.30. The van der Waals surface area contributed by atoms with Crippen molar-refractivity contribution in [1.29, 1.82) is 0 Å². The molecule has 0 N–H and O–H groups in total. The van der Waals surface area contributed by atoms with Crippen LogP contribution >= 0.6 is 23.4 Å². The molecule has 2 aromatic rings. The van der Waals surface area contributed by atoms with Crippen LogP contribution in [0.1, 0.15) is 5.56 Å². The molecule has 2 atom stereocenters. The number of hydrogen-bond acceptors (Lipinski definition) is 6. The third kappa shape index (κ3) is 4.68. The molecule has 1 amide bonds. The van der Waals surface area contributed by atoms with E-state index in [-0.39, 0.29) is 35.1 Å². The van der Waals surface area contributed by atoms with Gasteiger partial charge in [0.1, 0.15) is 0 Å². The molecule has 2 unspecified atom stereocenters. The Morgan fingerprint density at radius 3 is 2.52 bits per heavy atom. The third-order valence-corrected chi connectivity index (χ3v) is 8.66. The summed E-state index contributed by atoms with van der Waals surface area (Å²) in [5.41, 5.74) is 1.51. The largest absolute Gasteiger partial charge is 0.493 e. The highest BCUT2D eigenvalue weighted by atomic mass is 35.5. The first-order valence-electron chi connectivity index (χ1n) is 9.54. The SMILES string of the molecule is COc1ccc(CC(=O)N=C2SC3CS(=O)(=O)CC3N2c2ccc(Cl)cc2)cc1OC. The number of rotatable bonds is 5. The molecule has 0 radical (unpaired) electrons. The van der Waals surface area contributed by atoms with E-state index in [0.29, 0.717) is 21.7 Å². The molecule has 0 aliphatic carbocycles. The number of benzene rings is 2. The Morgan fingerprint density at radius 1 is 1.13 bits per heavy atom. The van der Waals surface area contributed by atoms with Gasteiger partial charge in [0.25, 0.3) is 5.91 Å².